The van der Waals surface area contributed by atoms with Gasteiger partial charge in [0, 0.05) is 22.3 Å². The Hall–Kier alpha value is -3.62. The van der Waals surface area contributed by atoms with E-state index in [1.807, 2.05) is 24.3 Å². The average Bonchev–Trinajstić information content (AvgIpc) is 3.22. The number of aromatic nitrogens is 1. The van der Waals surface area contributed by atoms with Crippen LogP contribution in [0.5, 0.6) is 11.5 Å². The van der Waals surface area contributed by atoms with E-state index in [0.29, 0.717) is 44.8 Å². The summed E-state index contributed by atoms with van der Waals surface area (Å²) < 4.78 is 16.2. The third kappa shape index (κ3) is 4.66. The van der Waals surface area contributed by atoms with Gasteiger partial charge in [0.05, 0.1) is 19.8 Å². The Morgan fingerprint density at radius 3 is 2.53 bits per heavy atom. The molecule has 1 amide bonds. The highest BCUT2D eigenvalue weighted by atomic mass is 35.5. The van der Waals surface area contributed by atoms with Gasteiger partial charge in [-0.3, -0.25) is 10.1 Å². The summed E-state index contributed by atoms with van der Waals surface area (Å²) in [6, 6.07) is 17.5. The van der Waals surface area contributed by atoms with E-state index in [4.69, 9.17) is 37.7 Å². The molecule has 4 rings (SSSR count). The molecule has 0 saturated heterocycles. The molecule has 162 valence electrons. The molecule has 0 radical (unpaired) electrons. The lowest BCUT2D eigenvalue weighted by atomic mass is 10.2. The SMILES string of the molecule is COc1ccc(C(=O)NC(=S)Nc2ccc(-c3nc4cc(Cl)ccc4o3)cc2)c(OC)c1. The van der Waals surface area contributed by atoms with Gasteiger partial charge in [-0.15, -0.1) is 0 Å². The number of carbonyl (C=O) groups excluding carboxylic acids is 1. The second kappa shape index (κ2) is 9.25. The normalized spacial score (nSPS) is 10.6. The molecule has 1 heterocycles. The maximum absolute atomic E-state index is 12.6. The molecule has 7 nitrogen and oxygen atoms in total. The number of oxazole rings is 1. The Labute approximate surface area is 194 Å². The first-order chi connectivity index (χ1) is 15.5. The number of hydrogen-bond donors (Lipinski definition) is 2. The van der Waals surface area contributed by atoms with Crippen molar-refractivity contribution in [1.82, 2.24) is 10.3 Å². The maximum atomic E-state index is 12.6. The number of methoxy groups -OCH3 is 2. The van der Waals surface area contributed by atoms with Gasteiger partial charge in [0.1, 0.15) is 17.0 Å². The summed E-state index contributed by atoms with van der Waals surface area (Å²) in [6.45, 7) is 0. The summed E-state index contributed by atoms with van der Waals surface area (Å²) in [7, 11) is 3.02. The second-order valence-corrected chi connectivity index (χ2v) is 7.53. The lowest BCUT2D eigenvalue weighted by molar-refractivity contribution is 0.0974. The van der Waals surface area contributed by atoms with Crippen LogP contribution in [0.2, 0.25) is 5.02 Å². The fourth-order valence-electron chi connectivity index (χ4n) is 3.04. The summed E-state index contributed by atoms with van der Waals surface area (Å²) in [6.07, 6.45) is 0. The number of rotatable bonds is 5. The molecule has 4 aromatic rings. The average molecular weight is 468 g/mol. The van der Waals surface area contributed by atoms with Crippen molar-refractivity contribution >= 4 is 51.6 Å². The maximum Gasteiger partial charge on any atom is 0.261 e. The van der Waals surface area contributed by atoms with Gasteiger partial charge in [0.25, 0.3) is 5.91 Å². The number of hydrogen-bond acceptors (Lipinski definition) is 6. The van der Waals surface area contributed by atoms with Crippen molar-refractivity contribution in [2.24, 2.45) is 0 Å². The van der Waals surface area contributed by atoms with Crippen LogP contribution in [0.15, 0.2) is 65.1 Å². The number of ether oxygens (including phenoxy) is 2. The number of thiocarbonyl (C=S) groups is 1. The number of benzene rings is 3. The summed E-state index contributed by atoms with van der Waals surface area (Å²) in [5, 5.41) is 6.37. The van der Waals surface area contributed by atoms with Crippen molar-refractivity contribution in [1.29, 1.82) is 0 Å². The third-order valence-corrected chi connectivity index (χ3v) is 5.06. The quantitative estimate of drug-likeness (QED) is 0.385. The molecule has 0 bridgehead atoms. The molecule has 1 aromatic heterocycles. The highest BCUT2D eigenvalue weighted by Crippen LogP contribution is 2.27. The van der Waals surface area contributed by atoms with E-state index in [1.54, 1.807) is 43.5 Å². The summed E-state index contributed by atoms with van der Waals surface area (Å²) in [4.78, 5) is 17.0. The van der Waals surface area contributed by atoms with Crippen LogP contribution >= 0.6 is 23.8 Å². The van der Waals surface area contributed by atoms with Crippen molar-refractivity contribution in [2.75, 3.05) is 19.5 Å². The van der Waals surface area contributed by atoms with Gasteiger partial charge in [0.15, 0.2) is 10.7 Å². The first-order valence-corrected chi connectivity index (χ1v) is 10.3. The standard InChI is InChI=1S/C23H18ClN3O4S/c1-29-16-8-9-17(20(12-16)30-2)21(28)27-23(32)25-15-6-3-13(4-7-15)22-26-18-11-14(24)5-10-19(18)31-22/h3-12H,1-2H3,(H2,25,27,28,32). The zero-order valence-corrected chi connectivity index (χ0v) is 18.7. The van der Waals surface area contributed by atoms with Gasteiger partial charge in [-0.1, -0.05) is 11.6 Å². The molecule has 9 heteroatoms. The van der Waals surface area contributed by atoms with Gasteiger partial charge in [0.2, 0.25) is 5.89 Å². The lowest BCUT2D eigenvalue weighted by Crippen LogP contribution is -2.34. The van der Waals surface area contributed by atoms with Crippen LogP contribution in [0.25, 0.3) is 22.6 Å². The summed E-state index contributed by atoms with van der Waals surface area (Å²) >= 11 is 11.3. The Morgan fingerprint density at radius 1 is 1.03 bits per heavy atom. The van der Waals surface area contributed by atoms with E-state index < -0.39 is 5.91 Å². The van der Waals surface area contributed by atoms with Crippen molar-refractivity contribution in [3.05, 3.63) is 71.2 Å². The third-order valence-electron chi connectivity index (χ3n) is 4.62. The summed E-state index contributed by atoms with van der Waals surface area (Å²) in [5.74, 6) is 1.05. The Bertz CT molecular complexity index is 1300. The van der Waals surface area contributed by atoms with Gasteiger partial charge >= 0.3 is 0 Å². The zero-order chi connectivity index (χ0) is 22.7. The molecule has 0 unspecified atom stereocenters. The highest BCUT2D eigenvalue weighted by molar-refractivity contribution is 7.80. The van der Waals surface area contributed by atoms with E-state index in [-0.39, 0.29) is 5.11 Å². The van der Waals surface area contributed by atoms with Crippen LogP contribution in [0.1, 0.15) is 10.4 Å². The van der Waals surface area contributed by atoms with Crippen LogP contribution < -0.4 is 20.1 Å². The largest absolute Gasteiger partial charge is 0.497 e. The Kier molecular flexibility index (Phi) is 6.25. The van der Waals surface area contributed by atoms with E-state index in [0.717, 1.165) is 5.56 Å². The predicted molar refractivity (Wildman–Crippen MR) is 128 cm³/mol. The molecule has 0 aliphatic heterocycles. The van der Waals surface area contributed by atoms with Crippen LogP contribution in [0.4, 0.5) is 5.69 Å². The van der Waals surface area contributed by atoms with E-state index >= 15 is 0 Å². The molecule has 32 heavy (non-hydrogen) atoms. The van der Waals surface area contributed by atoms with Crippen LogP contribution in [-0.4, -0.2) is 30.2 Å². The first kappa shape index (κ1) is 21.6. The molecule has 0 aliphatic carbocycles. The number of nitrogens with one attached hydrogen (secondary N) is 2. The molecule has 0 aliphatic rings. The fourth-order valence-corrected chi connectivity index (χ4v) is 3.42. The van der Waals surface area contributed by atoms with E-state index in [9.17, 15) is 4.79 Å². The molecule has 2 N–H and O–H groups in total. The van der Waals surface area contributed by atoms with Gasteiger partial charge in [-0.25, -0.2) is 4.98 Å². The van der Waals surface area contributed by atoms with Gasteiger partial charge in [-0.05, 0) is 66.8 Å². The topological polar surface area (TPSA) is 85.6 Å². The molecular weight excluding hydrogens is 450 g/mol. The van der Waals surface area contributed by atoms with Gasteiger partial charge < -0.3 is 19.2 Å². The predicted octanol–water partition coefficient (Wildman–Crippen LogP) is 5.29. The summed E-state index contributed by atoms with van der Waals surface area (Å²) in [5.41, 5.74) is 3.17. The fraction of sp³-hybridized carbons (Fsp3) is 0.0870. The molecule has 0 fully saturated rings. The molecule has 3 aromatic carbocycles. The van der Waals surface area contributed by atoms with Crippen LogP contribution in [0.3, 0.4) is 0 Å². The van der Waals surface area contributed by atoms with Crippen LogP contribution in [0, 0.1) is 0 Å². The first-order valence-electron chi connectivity index (χ1n) is 9.47. The zero-order valence-electron chi connectivity index (χ0n) is 17.1. The minimum Gasteiger partial charge on any atom is -0.497 e. The number of nitrogens with zero attached hydrogens (tertiary/aromatic N) is 1. The lowest BCUT2D eigenvalue weighted by Gasteiger charge is -2.12. The number of halogens is 1. The monoisotopic (exact) mass is 467 g/mol. The molecule has 0 spiro atoms. The Balaban J connectivity index is 1.43. The van der Waals surface area contributed by atoms with Gasteiger partial charge in [-0.2, -0.15) is 0 Å². The van der Waals surface area contributed by atoms with Crippen molar-refractivity contribution in [3.8, 4) is 23.0 Å². The van der Waals surface area contributed by atoms with Crippen molar-refractivity contribution in [2.45, 2.75) is 0 Å². The molecule has 0 saturated carbocycles. The number of fused-ring (bicyclic) bond motifs is 1. The minimum atomic E-state index is -0.399. The molecular formula is C23H18ClN3O4S. The van der Waals surface area contributed by atoms with Crippen molar-refractivity contribution in [3.63, 3.8) is 0 Å². The minimum absolute atomic E-state index is 0.150. The number of amides is 1. The smallest absolute Gasteiger partial charge is 0.261 e. The van der Waals surface area contributed by atoms with E-state index in [2.05, 4.69) is 15.6 Å². The highest BCUT2D eigenvalue weighted by Gasteiger charge is 2.15. The second-order valence-electron chi connectivity index (χ2n) is 6.68. The van der Waals surface area contributed by atoms with E-state index in [1.165, 1.54) is 7.11 Å². The Morgan fingerprint density at radius 2 is 1.81 bits per heavy atom. The molecule has 0 atom stereocenters. The van der Waals surface area contributed by atoms with Crippen LogP contribution in [-0.2, 0) is 0 Å². The number of anilines is 1. The van der Waals surface area contributed by atoms with Crippen molar-refractivity contribution < 1.29 is 18.7 Å². The number of carbonyl (C=O) groups is 1.